The highest BCUT2D eigenvalue weighted by Crippen LogP contribution is 2.47. The molecule has 12 heavy (non-hydrogen) atoms. The highest BCUT2D eigenvalue weighted by atomic mass is 19.1. The van der Waals surface area contributed by atoms with Crippen molar-refractivity contribution in [1.29, 1.82) is 0 Å². The molecule has 0 spiro atoms. The molecule has 0 radical (unpaired) electrons. The van der Waals surface area contributed by atoms with E-state index in [2.05, 4.69) is 10.1 Å². The topological polar surface area (TPSA) is 30.7 Å². The predicted octanol–water partition coefficient (Wildman–Crippen LogP) is 1.57. The molecule has 0 aromatic carbocycles. The molecule has 0 N–H and O–H groups in total. The first-order valence-corrected chi connectivity index (χ1v) is 4.26. The van der Waals surface area contributed by atoms with Crippen molar-refractivity contribution in [2.45, 2.75) is 38.9 Å². The van der Waals surface area contributed by atoms with Crippen LogP contribution in [0.1, 0.15) is 31.4 Å². The van der Waals surface area contributed by atoms with E-state index in [1.54, 1.807) is 4.68 Å². The minimum Gasteiger partial charge on any atom is -0.250 e. The second-order valence-corrected chi connectivity index (χ2v) is 3.26. The number of hydrogen-bond donors (Lipinski definition) is 0. The summed E-state index contributed by atoms with van der Waals surface area (Å²) in [5, 5.41) is 4.09. The standard InChI is InChI=1S/C8H12FN3/c1-3-12-6(2)10-7(11-12)8(9)4-5-8/h3-5H2,1-2H3. The van der Waals surface area contributed by atoms with Gasteiger partial charge in [0.25, 0.3) is 0 Å². The van der Waals surface area contributed by atoms with Crippen molar-refractivity contribution in [2.24, 2.45) is 0 Å². The molecule has 4 heteroatoms. The SMILES string of the molecule is CCn1nc(C2(F)CC2)nc1C. The second-order valence-electron chi connectivity index (χ2n) is 3.26. The molecule has 0 aliphatic heterocycles. The van der Waals surface area contributed by atoms with Gasteiger partial charge >= 0.3 is 0 Å². The highest BCUT2D eigenvalue weighted by Gasteiger charge is 2.48. The molecule has 1 fully saturated rings. The fraction of sp³-hybridized carbons (Fsp3) is 0.750. The van der Waals surface area contributed by atoms with Gasteiger partial charge in [0, 0.05) is 6.54 Å². The van der Waals surface area contributed by atoms with Crippen LogP contribution in [-0.2, 0) is 12.2 Å². The number of aromatic nitrogens is 3. The molecule has 0 saturated heterocycles. The second kappa shape index (κ2) is 2.28. The molecule has 1 aliphatic carbocycles. The Morgan fingerprint density at radius 2 is 2.25 bits per heavy atom. The average Bonchev–Trinajstić information content (AvgIpc) is 2.65. The Balaban J connectivity index is 2.34. The minimum absolute atomic E-state index is 0.377. The van der Waals surface area contributed by atoms with Gasteiger partial charge in [-0.15, -0.1) is 0 Å². The van der Waals surface area contributed by atoms with Crippen molar-refractivity contribution in [1.82, 2.24) is 14.8 Å². The van der Waals surface area contributed by atoms with E-state index in [1.807, 2.05) is 13.8 Å². The normalized spacial score (nSPS) is 19.6. The lowest BCUT2D eigenvalue weighted by Crippen LogP contribution is -2.03. The van der Waals surface area contributed by atoms with Crippen molar-refractivity contribution in [2.75, 3.05) is 0 Å². The van der Waals surface area contributed by atoms with Crippen LogP contribution in [0, 0.1) is 6.92 Å². The van der Waals surface area contributed by atoms with Gasteiger partial charge in [0.15, 0.2) is 11.5 Å². The number of nitrogens with zero attached hydrogens (tertiary/aromatic N) is 3. The van der Waals surface area contributed by atoms with E-state index < -0.39 is 5.67 Å². The predicted molar refractivity (Wildman–Crippen MR) is 42.5 cm³/mol. The van der Waals surface area contributed by atoms with Gasteiger partial charge in [-0.25, -0.2) is 9.37 Å². The molecule has 66 valence electrons. The summed E-state index contributed by atoms with van der Waals surface area (Å²) in [5.74, 6) is 1.18. The number of hydrogen-bond acceptors (Lipinski definition) is 2. The molecule has 1 aromatic rings. The van der Waals surface area contributed by atoms with Gasteiger partial charge in [-0.2, -0.15) is 5.10 Å². The van der Waals surface area contributed by atoms with Crippen molar-refractivity contribution >= 4 is 0 Å². The molecule has 0 bridgehead atoms. The van der Waals surface area contributed by atoms with Crippen molar-refractivity contribution in [3.05, 3.63) is 11.6 Å². The summed E-state index contributed by atoms with van der Waals surface area (Å²) >= 11 is 0. The zero-order valence-corrected chi connectivity index (χ0v) is 7.34. The summed E-state index contributed by atoms with van der Waals surface area (Å²) in [5.41, 5.74) is -1.19. The molecule has 1 saturated carbocycles. The largest absolute Gasteiger partial charge is 0.250 e. The number of rotatable bonds is 2. The summed E-state index contributed by atoms with van der Waals surface area (Å²) in [6, 6.07) is 0. The first-order valence-electron chi connectivity index (χ1n) is 4.26. The van der Waals surface area contributed by atoms with Crippen molar-refractivity contribution < 1.29 is 4.39 Å². The van der Waals surface area contributed by atoms with Gasteiger partial charge in [0.05, 0.1) is 0 Å². The zero-order valence-electron chi connectivity index (χ0n) is 7.34. The van der Waals surface area contributed by atoms with Gasteiger partial charge in [0.1, 0.15) is 5.82 Å². The lowest BCUT2D eigenvalue weighted by Gasteiger charge is -1.96. The summed E-state index contributed by atoms with van der Waals surface area (Å²) < 4.78 is 15.2. The first-order chi connectivity index (χ1) is 5.65. The molecule has 1 aliphatic rings. The van der Waals surface area contributed by atoms with Crippen molar-refractivity contribution in [3.8, 4) is 0 Å². The van der Waals surface area contributed by atoms with E-state index >= 15 is 0 Å². The highest BCUT2D eigenvalue weighted by molar-refractivity contribution is 5.11. The van der Waals surface area contributed by atoms with Crippen LogP contribution in [0.5, 0.6) is 0 Å². The van der Waals surface area contributed by atoms with E-state index in [0.717, 1.165) is 12.4 Å². The third kappa shape index (κ3) is 1.02. The van der Waals surface area contributed by atoms with E-state index in [9.17, 15) is 4.39 Å². The van der Waals surface area contributed by atoms with Gasteiger partial charge in [-0.1, -0.05) is 0 Å². The first kappa shape index (κ1) is 7.71. The number of alkyl halides is 1. The summed E-state index contributed by atoms with van der Waals surface area (Å²) in [6.45, 7) is 4.59. The molecule has 0 amide bonds. The summed E-state index contributed by atoms with van der Waals surface area (Å²) in [7, 11) is 0. The quantitative estimate of drug-likeness (QED) is 0.672. The van der Waals surface area contributed by atoms with Crippen LogP contribution in [-0.4, -0.2) is 14.8 Å². The Hall–Kier alpha value is -0.930. The van der Waals surface area contributed by atoms with Gasteiger partial charge < -0.3 is 0 Å². The molecular formula is C8H12FN3. The lowest BCUT2D eigenvalue weighted by atomic mass is 10.4. The number of aryl methyl sites for hydroxylation is 2. The molecule has 0 unspecified atom stereocenters. The molecule has 1 aromatic heterocycles. The molecule has 0 atom stereocenters. The van der Waals surface area contributed by atoms with Crippen LogP contribution in [0.25, 0.3) is 0 Å². The molecular weight excluding hydrogens is 157 g/mol. The minimum atomic E-state index is -1.19. The Morgan fingerprint density at radius 1 is 1.58 bits per heavy atom. The average molecular weight is 169 g/mol. The number of halogens is 1. The fourth-order valence-corrected chi connectivity index (χ4v) is 1.24. The third-order valence-electron chi connectivity index (χ3n) is 2.25. The van der Waals surface area contributed by atoms with Crippen LogP contribution in [0.15, 0.2) is 0 Å². The van der Waals surface area contributed by atoms with E-state index in [4.69, 9.17) is 0 Å². The Labute approximate surface area is 70.6 Å². The lowest BCUT2D eigenvalue weighted by molar-refractivity contribution is 0.299. The van der Waals surface area contributed by atoms with Crippen molar-refractivity contribution in [3.63, 3.8) is 0 Å². The Bertz CT molecular complexity index is 301. The van der Waals surface area contributed by atoms with Gasteiger partial charge in [-0.05, 0) is 26.7 Å². The maximum atomic E-state index is 13.4. The molecule has 1 heterocycles. The van der Waals surface area contributed by atoms with E-state index in [1.165, 1.54) is 0 Å². The van der Waals surface area contributed by atoms with E-state index in [-0.39, 0.29) is 0 Å². The smallest absolute Gasteiger partial charge is 0.188 e. The third-order valence-corrected chi connectivity index (χ3v) is 2.25. The maximum Gasteiger partial charge on any atom is 0.188 e. The Morgan fingerprint density at radius 3 is 2.67 bits per heavy atom. The maximum absolute atomic E-state index is 13.4. The van der Waals surface area contributed by atoms with Crippen LogP contribution in [0.2, 0.25) is 0 Å². The van der Waals surface area contributed by atoms with Crippen LogP contribution >= 0.6 is 0 Å². The summed E-state index contributed by atoms with van der Waals surface area (Å²) in [6.07, 6.45) is 1.17. The summed E-state index contributed by atoms with van der Waals surface area (Å²) in [4.78, 5) is 4.09. The Kier molecular flexibility index (Phi) is 1.46. The van der Waals surface area contributed by atoms with Gasteiger partial charge in [-0.3, -0.25) is 4.68 Å². The molecule has 2 rings (SSSR count). The van der Waals surface area contributed by atoms with Crippen LogP contribution in [0.3, 0.4) is 0 Å². The zero-order chi connectivity index (χ0) is 8.77. The fourth-order valence-electron chi connectivity index (χ4n) is 1.24. The monoisotopic (exact) mass is 169 g/mol. The van der Waals surface area contributed by atoms with Crippen LogP contribution in [0.4, 0.5) is 4.39 Å². The van der Waals surface area contributed by atoms with E-state index in [0.29, 0.717) is 18.7 Å². The molecule has 3 nitrogen and oxygen atoms in total. The van der Waals surface area contributed by atoms with Gasteiger partial charge in [0.2, 0.25) is 0 Å². The van der Waals surface area contributed by atoms with Crippen LogP contribution < -0.4 is 0 Å².